The summed E-state index contributed by atoms with van der Waals surface area (Å²) in [5.41, 5.74) is 3.19. The highest BCUT2D eigenvalue weighted by Gasteiger charge is 2.10. The summed E-state index contributed by atoms with van der Waals surface area (Å²) >= 11 is 0. The molecule has 0 radical (unpaired) electrons. The number of nitrogens with zero attached hydrogens (tertiary/aromatic N) is 3. The number of furan rings is 1. The second-order valence-electron chi connectivity index (χ2n) is 4.58. The largest absolute Gasteiger partial charge is 0.472 e. The molecular weight excluding hydrogens is 268 g/mol. The molecule has 0 saturated heterocycles. The van der Waals surface area contributed by atoms with E-state index in [0.717, 1.165) is 17.0 Å². The van der Waals surface area contributed by atoms with Crippen LogP contribution < -0.4 is 5.32 Å². The van der Waals surface area contributed by atoms with Crippen molar-refractivity contribution in [2.24, 2.45) is 7.05 Å². The van der Waals surface area contributed by atoms with Gasteiger partial charge >= 0.3 is 0 Å². The van der Waals surface area contributed by atoms with Crippen molar-refractivity contribution >= 4 is 5.91 Å². The molecule has 0 aliphatic rings. The third-order valence-electron chi connectivity index (χ3n) is 3.15. The molecule has 106 valence electrons. The predicted octanol–water partition coefficient (Wildman–Crippen LogP) is 2.01. The van der Waals surface area contributed by atoms with Gasteiger partial charge in [0.25, 0.3) is 5.91 Å². The maximum absolute atomic E-state index is 11.9. The Hall–Kier alpha value is -2.89. The van der Waals surface area contributed by atoms with Gasteiger partial charge in [0.15, 0.2) is 0 Å². The number of hydrogen-bond acceptors (Lipinski definition) is 4. The van der Waals surface area contributed by atoms with Gasteiger partial charge in [0.05, 0.1) is 29.8 Å². The molecule has 0 unspecified atom stereocenters. The van der Waals surface area contributed by atoms with E-state index in [1.807, 2.05) is 25.2 Å². The minimum absolute atomic E-state index is 0.173. The van der Waals surface area contributed by atoms with E-state index in [1.54, 1.807) is 23.1 Å². The van der Waals surface area contributed by atoms with Crippen molar-refractivity contribution in [1.29, 1.82) is 0 Å². The Balaban J connectivity index is 1.72. The summed E-state index contributed by atoms with van der Waals surface area (Å²) in [6, 6.07) is 7.37. The van der Waals surface area contributed by atoms with E-state index >= 15 is 0 Å². The summed E-state index contributed by atoms with van der Waals surface area (Å²) in [5, 5.41) is 7.26. The standard InChI is InChI=1S/C15H14N4O2/c1-19-13(9-17-15(20)12-4-6-21-10-12)7-14(18-19)11-3-2-5-16-8-11/h2-8,10H,9H2,1H3,(H,17,20). The molecule has 3 heterocycles. The third-order valence-corrected chi connectivity index (χ3v) is 3.15. The van der Waals surface area contributed by atoms with Crippen molar-refractivity contribution in [3.05, 3.63) is 60.4 Å². The van der Waals surface area contributed by atoms with Crippen molar-refractivity contribution in [2.45, 2.75) is 6.54 Å². The summed E-state index contributed by atoms with van der Waals surface area (Å²) in [5.74, 6) is -0.173. The number of rotatable bonds is 4. The molecule has 0 aromatic carbocycles. The Bertz CT molecular complexity index is 732. The first kappa shape index (κ1) is 13.1. The van der Waals surface area contributed by atoms with Gasteiger partial charge in [-0.05, 0) is 24.3 Å². The number of hydrogen-bond donors (Lipinski definition) is 1. The molecule has 1 amide bonds. The average Bonchev–Trinajstić information content (AvgIpc) is 3.16. The average molecular weight is 282 g/mol. The molecule has 3 rings (SSSR count). The zero-order valence-corrected chi connectivity index (χ0v) is 11.5. The number of carbonyl (C=O) groups excluding carboxylic acids is 1. The minimum atomic E-state index is -0.173. The number of pyridine rings is 1. The van der Waals surface area contributed by atoms with E-state index in [0.29, 0.717) is 12.1 Å². The van der Waals surface area contributed by atoms with Gasteiger partial charge in [-0.25, -0.2) is 0 Å². The first-order chi connectivity index (χ1) is 10.2. The van der Waals surface area contributed by atoms with E-state index in [2.05, 4.69) is 15.4 Å². The second-order valence-corrected chi connectivity index (χ2v) is 4.58. The molecule has 6 nitrogen and oxygen atoms in total. The van der Waals surface area contributed by atoms with Crippen molar-refractivity contribution in [3.8, 4) is 11.3 Å². The van der Waals surface area contributed by atoms with E-state index < -0.39 is 0 Å². The van der Waals surface area contributed by atoms with Gasteiger partial charge in [0, 0.05) is 25.0 Å². The topological polar surface area (TPSA) is 73.0 Å². The molecule has 0 aliphatic heterocycles. The molecule has 3 aromatic heterocycles. The SMILES string of the molecule is Cn1nc(-c2cccnc2)cc1CNC(=O)c1ccoc1. The van der Waals surface area contributed by atoms with Crippen LogP contribution >= 0.6 is 0 Å². The quantitative estimate of drug-likeness (QED) is 0.794. The maximum atomic E-state index is 11.9. The molecule has 0 bridgehead atoms. The van der Waals surface area contributed by atoms with Gasteiger partial charge in [0.1, 0.15) is 6.26 Å². The van der Waals surface area contributed by atoms with E-state index in [-0.39, 0.29) is 5.91 Å². The molecule has 21 heavy (non-hydrogen) atoms. The van der Waals surface area contributed by atoms with Crippen LogP contribution in [0.3, 0.4) is 0 Å². The Labute approximate surface area is 121 Å². The number of nitrogens with one attached hydrogen (secondary N) is 1. The Morgan fingerprint density at radius 3 is 3.05 bits per heavy atom. The molecule has 0 fully saturated rings. The van der Waals surface area contributed by atoms with Crippen LogP contribution in [-0.4, -0.2) is 20.7 Å². The van der Waals surface area contributed by atoms with E-state index in [4.69, 9.17) is 4.42 Å². The van der Waals surface area contributed by atoms with Gasteiger partial charge < -0.3 is 9.73 Å². The highest BCUT2D eigenvalue weighted by atomic mass is 16.3. The smallest absolute Gasteiger partial charge is 0.254 e. The lowest BCUT2D eigenvalue weighted by molar-refractivity contribution is 0.0949. The van der Waals surface area contributed by atoms with Crippen LogP contribution in [-0.2, 0) is 13.6 Å². The third kappa shape index (κ3) is 2.84. The van der Waals surface area contributed by atoms with Crippen LogP contribution in [0.4, 0.5) is 0 Å². The number of carbonyl (C=O) groups is 1. The fourth-order valence-corrected chi connectivity index (χ4v) is 1.99. The van der Waals surface area contributed by atoms with Crippen molar-refractivity contribution in [2.75, 3.05) is 0 Å². The summed E-state index contributed by atoms with van der Waals surface area (Å²) < 4.78 is 6.64. The molecular formula is C15H14N4O2. The molecule has 6 heteroatoms. The van der Waals surface area contributed by atoms with Gasteiger partial charge in [-0.15, -0.1) is 0 Å². The minimum Gasteiger partial charge on any atom is -0.472 e. The lowest BCUT2D eigenvalue weighted by Crippen LogP contribution is -2.23. The monoisotopic (exact) mass is 282 g/mol. The second kappa shape index (κ2) is 5.62. The van der Waals surface area contributed by atoms with Crippen molar-refractivity contribution in [3.63, 3.8) is 0 Å². The van der Waals surface area contributed by atoms with Crippen LogP contribution in [0.1, 0.15) is 16.1 Å². The Morgan fingerprint density at radius 1 is 1.43 bits per heavy atom. The normalized spacial score (nSPS) is 10.5. The number of amides is 1. The predicted molar refractivity (Wildman–Crippen MR) is 76.3 cm³/mol. The summed E-state index contributed by atoms with van der Waals surface area (Å²) in [6.45, 7) is 0.397. The van der Waals surface area contributed by atoms with E-state index in [1.165, 1.54) is 12.5 Å². The van der Waals surface area contributed by atoms with Crippen LogP contribution in [0, 0.1) is 0 Å². The zero-order chi connectivity index (χ0) is 14.7. The summed E-state index contributed by atoms with van der Waals surface area (Å²) in [6.07, 6.45) is 6.37. The maximum Gasteiger partial charge on any atom is 0.254 e. The summed E-state index contributed by atoms with van der Waals surface area (Å²) in [7, 11) is 1.85. The molecule has 3 aromatic rings. The fourth-order valence-electron chi connectivity index (χ4n) is 1.99. The molecule has 0 spiro atoms. The van der Waals surface area contributed by atoms with Crippen LogP contribution in [0.5, 0.6) is 0 Å². The molecule has 0 aliphatic carbocycles. The molecule has 0 saturated carbocycles. The molecule has 1 N–H and O–H groups in total. The molecule has 0 atom stereocenters. The van der Waals surface area contributed by atoms with Gasteiger partial charge in [-0.2, -0.15) is 5.10 Å². The van der Waals surface area contributed by atoms with Crippen LogP contribution in [0.2, 0.25) is 0 Å². The van der Waals surface area contributed by atoms with Crippen molar-refractivity contribution < 1.29 is 9.21 Å². The van der Waals surface area contributed by atoms with Crippen molar-refractivity contribution in [1.82, 2.24) is 20.1 Å². The fraction of sp³-hybridized carbons (Fsp3) is 0.133. The Morgan fingerprint density at radius 2 is 2.33 bits per heavy atom. The lowest BCUT2D eigenvalue weighted by Gasteiger charge is -2.03. The van der Waals surface area contributed by atoms with E-state index in [9.17, 15) is 4.79 Å². The van der Waals surface area contributed by atoms with Crippen LogP contribution in [0.15, 0.2) is 53.6 Å². The first-order valence-corrected chi connectivity index (χ1v) is 6.48. The van der Waals surface area contributed by atoms with Gasteiger partial charge in [0.2, 0.25) is 0 Å². The first-order valence-electron chi connectivity index (χ1n) is 6.48. The highest BCUT2D eigenvalue weighted by molar-refractivity contribution is 5.93. The van der Waals surface area contributed by atoms with Gasteiger partial charge in [-0.3, -0.25) is 14.5 Å². The zero-order valence-electron chi connectivity index (χ0n) is 11.5. The number of aryl methyl sites for hydroxylation is 1. The Kier molecular flexibility index (Phi) is 3.51. The lowest BCUT2D eigenvalue weighted by atomic mass is 10.2. The van der Waals surface area contributed by atoms with Crippen LogP contribution in [0.25, 0.3) is 11.3 Å². The number of aromatic nitrogens is 3. The van der Waals surface area contributed by atoms with Gasteiger partial charge in [-0.1, -0.05) is 0 Å². The summed E-state index contributed by atoms with van der Waals surface area (Å²) in [4.78, 5) is 15.9. The highest BCUT2D eigenvalue weighted by Crippen LogP contribution is 2.17.